The summed E-state index contributed by atoms with van der Waals surface area (Å²) in [5.74, 6) is -10.4. The first-order valence-electron chi connectivity index (χ1n) is 39.8. The smallest absolute Gasteiger partial charge is 0.343 e. The summed E-state index contributed by atoms with van der Waals surface area (Å²) in [4.78, 5) is 243. The molecule has 0 atom stereocenters. The number of ketones is 2. The molecule has 17 aromatic rings. The van der Waals surface area contributed by atoms with Gasteiger partial charge in [0, 0.05) is 139 Å². The fourth-order valence-electron chi connectivity index (χ4n) is 15.7. The van der Waals surface area contributed by atoms with Crippen molar-refractivity contribution >= 4 is 173 Å². The average Bonchev–Trinajstić information content (AvgIpc) is 0.784. The molecule has 0 saturated carbocycles. The lowest BCUT2D eigenvalue weighted by molar-refractivity contribution is -0.147. The van der Waals surface area contributed by atoms with E-state index in [9.17, 15) is 67.1 Å². The molecule has 0 radical (unpaired) electrons. The molecule has 18 rings (SSSR count). The van der Waals surface area contributed by atoms with Gasteiger partial charge in [0.05, 0.1) is 79.3 Å². The molecular formula is C94H66N12O22. The van der Waals surface area contributed by atoms with E-state index in [0.717, 1.165) is 36.4 Å². The van der Waals surface area contributed by atoms with Gasteiger partial charge in [-0.1, -0.05) is 78.9 Å². The monoisotopic (exact) mass is 1710 g/mol. The van der Waals surface area contributed by atoms with Crippen LogP contribution in [0.4, 0.5) is 0 Å². The van der Waals surface area contributed by atoms with Gasteiger partial charge in [0.15, 0.2) is 11.6 Å². The van der Waals surface area contributed by atoms with E-state index in [-0.39, 0.29) is 66.5 Å². The van der Waals surface area contributed by atoms with Crippen molar-refractivity contribution in [1.82, 2.24) is 60.1 Å². The normalized spacial score (nSPS) is 12.3. The van der Waals surface area contributed by atoms with Crippen molar-refractivity contribution in [3.8, 4) is 0 Å². The lowest BCUT2D eigenvalue weighted by Gasteiger charge is -2.33. The summed E-state index contributed by atoms with van der Waals surface area (Å²) in [5.41, 5.74) is -7.26. The van der Waals surface area contributed by atoms with Crippen LogP contribution in [-0.2, 0) is 58.7 Å². The van der Waals surface area contributed by atoms with Crippen LogP contribution in [0.15, 0.2) is 249 Å². The number of hydrogen-bond acceptors (Lipinski definition) is 28. The standard InChI is InChI=1S/C94H66N12O22/c107-55(35-93(43-123-87(115)63-26-25-56-57(81(63)109)19-13-49-7-1-27-95-70(49)56,44-124-88(116)64-36-101-76-58(82(64)110)20-14-50-8-2-28-96-71(50)76)45-125-89(117)65-37-102-77-59(83(65)111)21-15-51-9-3-29-97-72(51)77)41-121-33-34-122-42-69(108)106-94(46-126-90(118)66-38-103-78-60(84(66)112)22-16-52-10-4-30-98-73(52)78,47-127-91(119)67-39-104-79-61(85(67)113)23-17-53-11-5-31-99-74(53)79)48-128-92(120)68-40-105-80-62(86(68)114)24-18-54-12-6-32-100-75(54)80/h1-24,26-32,36-40H,25,33-35,41-48H2,(H,101,110)(H,102,111)(H,103,112)(H,104,113)(H,105,114)(H,106,108). The number of carbonyl (C=O) groups is 9. The van der Waals surface area contributed by atoms with E-state index in [4.69, 9.17) is 37.9 Å². The minimum Gasteiger partial charge on any atom is -0.461 e. The number of ether oxygens (including phenoxy) is 8. The fraction of sp³-hybridized carbons (Fsp3) is 0.149. The zero-order chi connectivity index (χ0) is 88.5. The minimum absolute atomic E-state index is 0.0253. The van der Waals surface area contributed by atoms with Gasteiger partial charge in [-0.05, 0) is 84.8 Å². The van der Waals surface area contributed by atoms with Gasteiger partial charge in [0.25, 0.3) is 0 Å². The van der Waals surface area contributed by atoms with E-state index in [1.165, 1.54) is 67.4 Å². The van der Waals surface area contributed by atoms with Crippen LogP contribution in [0.3, 0.4) is 0 Å². The zero-order valence-electron chi connectivity index (χ0n) is 66.9. The SMILES string of the molecule is O=C(COCCOCC(=O)NC(COC(=O)c1c[nH]c2c(ccc3cccnc32)c1=O)(COC(=O)c1c[nH]c2c(ccc3cccnc32)c1=O)COC(=O)c1c[nH]c2c(ccc3cccnc32)c1=O)CC(COC(=O)C1=CCc2c(ccc3cccnc23)C1=O)(COC(=O)c1c[nH]c2c(ccc3cccnc32)c1=O)COC(=O)c1c[nH]c2c(ccc3cccnc32)c1=O. The summed E-state index contributed by atoms with van der Waals surface area (Å²) in [5, 5.41) is 6.78. The van der Waals surface area contributed by atoms with Crippen molar-refractivity contribution < 1.29 is 81.0 Å². The molecule has 34 heteroatoms. The quantitative estimate of drug-likeness (QED) is 0.00873. The molecule has 34 nitrogen and oxygen atoms in total. The van der Waals surface area contributed by atoms with Crippen LogP contribution in [0.1, 0.15) is 74.1 Å². The Kier molecular flexibility index (Phi) is 22.1. The van der Waals surface area contributed by atoms with E-state index in [2.05, 4.69) is 60.1 Å². The van der Waals surface area contributed by atoms with Gasteiger partial charge in [0.2, 0.25) is 33.1 Å². The van der Waals surface area contributed by atoms with Gasteiger partial charge in [-0.3, -0.25) is 68.3 Å². The third-order valence-corrected chi connectivity index (χ3v) is 22.1. The van der Waals surface area contributed by atoms with E-state index in [1.807, 2.05) is 0 Å². The largest absolute Gasteiger partial charge is 0.461 e. The molecular weight excluding hydrogens is 1650 g/mol. The summed E-state index contributed by atoms with van der Waals surface area (Å²) in [7, 11) is 0. The Morgan fingerprint density at radius 1 is 0.336 bits per heavy atom. The predicted octanol–water partition coefficient (Wildman–Crippen LogP) is 9.51. The second-order valence-corrected chi connectivity index (χ2v) is 30.4. The summed E-state index contributed by atoms with van der Waals surface area (Å²) in [6.45, 7) is -9.12. The summed E-state index contributed by atoms with van der Waals surface area (Å²) >= 11 is 0. The average molecular weight is 1720 g/mol. The second-order valence-electron chi connectivity index (χ2n) is 30.4. The molecule has 0 spiro atoms. The van der Waals surface area contributed by atoms with Crippen LogP contribution in [0.25, 0.3) is 120 Å². The highest BCUT2D eigenvalue weighted by Gasteiger charge is 2.42. The molecule has 6 N–H and O–H groups in total. The lowest BCUT2D eigenvalue weighted by atomic mass is 9.84. The fourth-order valence-corrected chi connectivity index (χ4v) is 15.7. The zero-order valence-corrected chi connectivity index (χ0v) is 66.9. The number of aromatic nitrogens is 11. The number of amides is 1. The third kappa shape index (κ3) is 15.8. The molecule has 6 aromatic carbocycles. The van der Waals surface area contributed by atoms with Gasteiger partial charge in [0.1, 0.15) is 91.8 Å². The Morgan fingerprint density at radius 3 is 0.961 bits per heavy atom. The van der Waals surface area contributed by atoms with E-state index >= 15 is 0 Å². The van der Waals surface area contributed by atoms with E-state index in [1.54, 1.807) is 121 Å². The topological polar surface area (TPSA) is 481 Å². The molecule has 1 aliphatic carbocycles. The van der Waals surface area contributed by atoms with Crippen LogP contribution < -0.4 is 32.5 Å². The Bertz CT molecular complexity index is 7470. The van der Waals surface area contributed by atoms with E-state index in [0.29, 0.717) is 65.6 Å². The van der Waals surface area contributed by atoms with E-state index < -0.39 is 197 Å². The maximum absolute atomic E-state index is 14.8. The maximum atomic E-state index is 14.8. The number of esters is 6. The van der Waals surface area contributed by atoms with Crippen LogP contribution in [0.5, 0.6) is 0 Å². The summed E-state index contributed by atoms with van der Waals surface area (Å²) < 4.78 is 46.9. The Hall–Kier alpha value is -16.9. The lowest BCUT2D eigenvalue weighted by Crippen LogP contribution is -2.60. The number of fused-ring (bicyclic) bond motifs is 18. The molecule has 11 aromatic heterocycles. The number of carbonyl (C=O) groups excluding carboxylic acids is 9. The van der Waals surface area contributed by atoms with Crippen molar-refractivity contribution in [3.05, 3.63) is 315 Å². The van der Waals surface area contributed by atoms with Gasteiger partial charge < -0.3 is 68.1 Å². The highest BCUT2D eigenvalue weighted by atomic mass is 16.6. The number of nitrogens with zero attached hydrogens (tertiary/aromatic N) is 6. The molecule has 1 amide bonds. The number of pyridine rings is 11. The first-order valence-corrected chi connectivity index (χ1v) is 39.8. The first-order chi connectivity index (χ1) is 62.2. The van der Waals surface area contributed by atoms with Gasteiger partial charge >= 0.3 is 35.8 Å². The van der Waals surface area contributed by atoms with Crippen LogP contribution in [0, 0.1) is 5.41 Å². The molecule has 0 unspecified atom stereocenters. The maximum Gasteiger partial charge on any atom is 0.343 e. The van der Waals surface area contributed by atoms with Crippen LogP contribution >= 0.6 is 0 Å². The number of hydrogen-bond donors (Lipinski definition) is 6. The minimum atomic E-state index is -2.44. The first kappa shape index (κ1) is 82.1. The number of Topliss-reactive ketones (excluding diaryl/α,β-unsaturated/α-hetero) is 2. The van der Waals surface area contributed by atoms with Crippen molar-refractivity contribution in [2.75, 3.05) is 66.1 Å². The molecule has 0 saturated heterocycles. The predicted molar refractivity (Wildman–Crippen MR) is 464 cm³/mol. The number of allylic oxidation sites excluding steroid dienone is 1. The van der Waals surface area contributed by atoms with Crippen LogP contribution in [-0.4, -0.2) is 180 Å². The van der Waals surface area contributed by atoms with Gasteiger partial charge in [-0.2, -0.15) is 0 Å². The van der Waals surface area contributed by atoms with Crippen molar-refractivity contribution in [3.63, 3.8) is 0 Å². The number of benzene rings is 6. The van der Waals surface area contributed by atoms with Gasteiger partial charge in [-0.25, -0.2) is 28.8 Å². The highest BCUT2D eigenvalue weighted by Crippen LogP contribution is 2.33. The molecule has 11 heterocycles. The number of nitrogens with one attached hydrogen (secondary N) is 6. The molecule has 0 aliphatic heterocycles. The number of rotatable bonds is 28. The van der Waals surface area contributed by atoms with Crippen molar-refractivity contribution in [2.45, 2.75) is 18.4 Å². The van der Waals surface area contributed by atoms with Crippen LogP contribution in [0.2, 0.25) is 0 Å². The highest BCUT2D eigenvalue weighted by molar-refractivity contribution is 6.26. The number of H-pyrrole nitrogens is 5. The third-order valence-electron chi connectivity index (χ3n) is 22.1. The molecule has 0 bridgehead atoms. The molecule has 1 aliphatic rings. The van der Waals surface area contributed by atoms with Crippen molar-refractivity contribution in [1.29, 1.82) is 0 Å². The van der Waals surface area contributed by atoms with Gasteiger partial charge in [-0.15, -0.1) is 0 Å². The Labute approximate surface area is 716 Å². The second kappa shape index (κ2) is 34.4. The molecule has 128 heavy (non-hydrogen) atoms. The molecule has 634 valence electrons. The van der Waals surface area contributed by atoms with Crippen molar-refractivity contribution in [2.24, 2.45) is 5.41 Å². The Morgan fingerprint density at radius 2 is 0.625 bits per heavy atom. The summed E-state index contributed by atoms with van der Waals surface area (Å²) in [6, 6.07) is 39.5. The Balaban J connectivity index is 0.624. The summed E-state index contributed by atoms with van der Waals surface area (Å²) in [6.07, 6.45) is 15.1. The number of aromatic amines is 5. The molecule has 0 fully saturated rings.